The summed E-state index contributed by atoms with van der Waals surface area (Å²) in [6, 6.07) is 17.2. The quantitative estimate of drug-likeness (QED) is 0.686. The lowest BCUT2D eigenvalue weighted by Gasteiger charge is -2.30. The van der Waals surface area contributed by atoms with Gasteiger partial charge in [0.2, 0.25) is 11.8 Å². The molecule has 3 rings (SSSR count). The van der Waals surface area contributed by atoms with Crippen molar-refractivity contribution in [3.63, 3.8) is 0 Å². The number of likely N-dealkylation sites (tertiary alicyclic amines) is 1. The molecule has 1 fully saturated rings. The largest absolute Gasteiger partial charge is 0.369 e. The van der Waals surface area contributed by atoms with E-state index in [4.69, 9.17) is 11.5 Å². The Hall–Kier alpha value is -2.70. The van der Waals surface area contributed by atoms with E-state index in [-0.39, 0.29) is 30.2 Å². The van der Waals surface area contributed by atoms with Crippen LogP contribution in [0.25, 0.3) is 0 Å². The Balaban J connectivity index is 1.52. The number of amides is 2. The number of hydrogen-bond donors (Lipinski definition) is 3. The van der Waals surface area contributed by atoms with Crippen LogP contribution in [0.4, 0.5) is 5.69 Å². The molecule has 1 atom stereocenters. The number of hydrogen-bond acceptors (Lipinski definition) is 4. The minimum Gasteiger partial charge on any atom is -0.369 e. The van der Waals surface area contributed by atoms with Gasteiger partial charge in [-0.1, -0.05) is 42.5 Å². The van der Waals surface area contributed by atoms with Gasteiger partial charge < -0.3 is 16.8 Å². The summed E-state index contributed by atoms with van der Waals surface area (Å²) in [5, 5.41) is 2.94. The SMILES string of the molecule is NC(=O)C1CCN(Cc2cccc(NC(=O)CC(N)c3ccccc3)c2)CC1. The number of nitrogens with one attached hydrogen (secondary N) is 1. The molecule has 1 unspecified atom stereocenters. The number of nitrogens with zero attached hydrogens (tertiary/aromatic N) is 1. The second-order valence-electron chi connectivity index (χ2n) is 7.42. The Morgan fingerprint density at radius 2 is 1.79 bits per heavy atom. The third-order valence-corrected chi connectivity index (χ3v) is 5.24. The van der Waals surface area contributed by atoms with Crippen LogP contribution >= 0.6 is 0 Å². The highest BCUT2D eigenvalue weighted by Crippen LogP contribution is 2.20. The third-order valence-electron chi connectivity index (χ3n) is 5.24. The van der Waals surface area contributed by atoms with E-state index >= 15 is 0 Å². The fraction of sp³-hybridized carbons (Fsp3) is 0.364. The van der Waals surface area contributed by atoms with E-state index in [0.717, 1.165) is 49.3 Å². The molecule has 2 aromatic rings. The predicted molar refractivity (Wildman–Crippen MR) is 110 cm³/mol. The lowest BCUT2D eigenvalue weighted by molar-refractivity contribution is -0.123. The average Bonchev–Trinajstić information content (AvgIpc) is 2.69. The normalized spacial score (nSPS) is 16.5. The van der Waals surface area contributed by atoms with Crippen molar-refractivity contribution in [3.8, 4) is 0 Å². The first kappa shape index (κ1) is 20.0. The summed E-state index contributed by atoms with van der Waals surface area (Å²) in [6.07, 6.45) is 1.85. The van der Waals surface area contributed by atoms with Gasteiger partial charge in [0, 0.05) is 30.6 Å². The van der Waals surface area contributed by atoms with E-state index in [0.29, 0.717) is 0 Å². The van der Waals surface area contributed by atoms with E-state index in [1.807, 2.05) is 54.6 Å². The van der Waals surface area contributed by atoms with Crippen LogP contribution in [0.5, 0.6) is 0 Å². The number of piperidine rings is 1. The molecule has 6 nitrogen and oxygen atoms in total. The van der Waals surface area contributed by atoms with Crippen LogP contribution in [0.2, 0.25) is 0 Å². The highest BCUT2D eigenvalue weighted by molar-refractivity contribution is 5.91. The Labute approximate surface area is 165 Å². The Bertz CT molecular complexity index is 801. The number of nitrogens with two attached hydrogens (primary N) is 2. The van der Waals surface area contributed by atoms with E-state index in [9.17, 15) is 9.59 Å². The maximum absolute atomic E-state index is 12.4. The smallest absolute Gasteiger partial charge is 0.226 e. The first-order chi connectivity index (χ1) is 13.5. The topological polar surface area (TPSA) is 101 Å². The molecule has 1 aliphatic rings. The number of rotatable bonds is 7. The van der Waals surface area contributed by atoms with Crippen molar-refractivity contribution in [2.24, 2.45) is 17.4 Å². The van der Waals surface area contributed by atoms with Gasteiger partial charge in [-0.15, -0.1) is 0 Å². The molecule has 148 valence electrons. The zero-order valence-electron chi connectivity index (χ0n) is 16.0. The van der Waals surface area contributed by atoms with Crippen molar-refractivity contribution in [1.82, 2.24) is 4.90 Å². The maximum Gasteiger partial charge on any atom is 0.226 e. The summed E-state index contributed by atoms with van der Waals surface area (Å²) in [4.78, 5) is 26.0. The van der Waals surface area contributed by atoms with Crippen molar-refractivity contribution < 1.29 is 9.59 Å². The molecule has 1 saturated heterocycles. The maximum atomic E-state index is 12.4. The van der Waals surface area contributed by atoms with Gasteiger partial charge in [0.25, 0.3) is 0 Å². The van der Waals surface area contributed by atoms with Gasteiger partial charge in [-0.05, 0) is 49.2 Å². The minimum atomic E-state index is -0.323. The highest BCUT2D eigenvalue weighted by Gasteiger charge is 2.23. The first-order valence-electron chi connectivity index (χ1n) is 9.72. The van der Waals surface area contributed by atoms with Crippen molar-refractivity contribution in [2.45, 2.75) is 31.8 Å². The Morgan fingerprint density at radius 3 is 2.46 bits per heavy atom. The van der Waals surface area contributed by atoms with E-state index < -0.39 is 0 Å². The van der Waals surface area contributed by atoms with Crippen molar-refractivity contribution in [1.29, 1.82) is 0 Å². The van der Waals surface area contributed by atoms with Crippen LogP contribution in [-0.4, -0.2) is 29.8 Å². The summed E-state index contributed by atoms with van der Waals surface area (Å²) in [5.74, 6) is -0.301. The lowest BCUT2D eigenvalue weighted by Crippen LogP contribution is -2.38. The van der Waals surface area contributed by atoms with Gasteiger partial charge in [-0.25, -0.2) is 0 Å². The molecule has 1 heterocycles. The highest BCUT2D eigenvalue weighted by atomic mass is 16.2. The molecular weight excluding hydrogens is 352 g/mol. The molecule has 0 bridgehead atoms. The van der Waals surface area contributed by atoms with Crippen LogP contribution in [0.15, 0.2) is 54.6 Å². The van der Waals surface area contributed by atoms with Crippen molar-refractivity contribution in [3.05, 3.63) is 65.7 Å². The van der Waals surface area contributed by atoms with E-state index in [2.05, 4.69) is 10.2 Å². The minimum absolute atomic E-state index is 0.00399. The number of carbonyl (C=O) groups is 2. The zero-order valence-corrected chi connectivity index (χ0v) is 16.0. The number of carbonyl (C=O) groups excluding carboxylic acids is 2. The molecule has 1 aliphatic heterocycles. The zero-order chi connectivity index (χ0) is 19.9. The lowest BCUT2D eigenvalue weighted by atomic mass is 9.96. The predicted octanol–water partition coefficient (Wildman–Crippen LogP) is 2.41. The van der Waals surface area contributed by atoms with E-state index in [1.165, 1.54) is 0 Å². The number of anilines is 1. The second-order valence-corrected chi connectivity index (χ2v) is 7.42. The van der Waals surface area contributed by atoms with Crippen molar-refractivity contribution >= 4 is 17.5 Å². The van der Waals surface area contributed by atoms with Gasteiger partial charge in [0.15, 0.2) is 0 Å². The van der Waals surface area contributed by atoms with E-state index in [1.54, 1.807) is 0 Å². The molecule has 6 heteroatoms. The van der Waals surface area contributed by atoms with Gasteiger partial charge in [-0.3, -0.25) is 14.5 Å². The first-order valence-corrected chi connectivity index (χ1v) is 9.72. The molecule has 2 amide bonds. The number of primary amides is 1. The summed E-state index contributed by atoms with van der Waals surface area (Å²) in [7, 11) is 0. The molecule has 0 radical (unpaired) electrons. The molecule has 0 spiro atoms. The average molecular weight is 380 g/mol. The summed E-state index contributed by atoms with van der Waals surface area (Å²) in [5.41, 5.74) is 14.4. The third kappa shape index (κ3) is 5.65. The number of benzene rings is 2. The molecule has 28 heavy (non-hydrogen) atoms. The molecule has 0 aliphatic carbocycles. The Kier molecular flexibility index (Phi) is 6.79. The standard InChI is InChI=1S/C22H28N4O2/c23-20(17-6-2-1-3-7-17)14-21(27)25-19-8-4-5-16(13-19)15-26-11-9-18(10-12-26)22(24)28/h1-8,13,18,20H,9-12,14-15,23H2,(H2,24,28)(H,25,27). The summed E-state index contributed by atoms with van der Waals surface area (Å²) < 4.78 is 0. The van der Waals surface area contributed by atoms with Gasteiger partial charge >= 0.3 is 0 Å². The molecule has 5 N–H and O–H groups in total. The van der Waals surface area contributed by atoms with Crippen LogP contribution < -0.4 is 16.8 Å². The van der Waals surface area contributed by atoms with Gasteiger partial charge in [0.1, 0.15) is 0 Å². The van der Waals surface area contributed by atoms with Crippen LogP contribution in [0.1, 0.15) is 36.4 Å². The molecular formula is C22H28N4O2. The summed E-state index contributed by atoms with van der Waals surface area (Å²) in [6.45, 7) is 2.50. The molecule has 2 aromatic carbocycles. The fourth-order valence-electron chi connectivity index (χ4n) is 3.61. The molecule has 0 aromatic heterocycles. The van der Waals surface area contributed by atoms with Crippen LogP contribution in [0.3, 0.4) is 0 Å². The van der Waals surface area contributed by atoms with Crippen LogP contribution in [0, 0.1) is 5.92 Å². The van der Waals surface area contributed by atoms with Crippen molar-refractivity contribution in [2.75, 3.05) is 18.4 Å². The molecule has 0 saturated carbocycles. The fourth-order valence-corrected chi connectivity index (χ4v) is 3.61. The summed E-state index contributed by atoms with van der Waals surface area (Å²) >= 11 is 0. The second kappa shape index (κ2) is 9.48. The monoisotopic (exact) mass is 380 g/mol. The Morgan fingerprint density at radius 1 is 1.07 bits per heavy atom. The van der Waals surface area contributed by atoms with Crippen LogP contribution in [-0.2, 0) is 16.1 Å². The van der Waals surface area contributed by atoms with Gasteiger partial charge in [-0.2, -0.15) is 0 Å². The van der Waals surface area contributed by atoms with Gasteiger partial charge in [0.05, 0.1) is 0 Å².